The van der Waals surface area contributed by atoms with Crippen LogP contribution in [0.4, 0.5) is 5.13 Å². The number of fused-ring (bicyclic) bond motifs is 1. The molecule has 0 spiro atoms. The second-order valence-corrected chi connectivity index (χ2v) is 5.78. The fraction of sp³-hybridized carbons (Fsp3) is 0.250. The maximum absolute atomic E-state index is 12.2. The summed E-state index contributed by atoms with van der Waals surface area (Å²) in [5, 5.41) is 12.1. The molecule has 4 nitrogen and oxygen atoms in total. The molecule has 2 N–H and O–H groups in total. The minimum atomic E-state index is -0.0750. The number of amides is 1. The molecule has 1 heterocycles. The number of benzene rings is 1. The molecule has 0 saturated heterocycles. The maximum atomic E-state index is 12.2. The van der Waals surface area contributed by atoms with Crippen molar-refractivity contribution in [2.24, 2.45) is 0 Å². The second-order valence-electron chi connectivity index (χ2n) is 4.75. The molecule has 1 atom stereocenters. The highest BCUT2D eigenvalue weighted by Gasteiger charge is 2.31. The first kappa shape index (κ1) is 13.8. The monoisotopic (exact) mass is 298 g/mol. The molecule has 1 unspecified atom stereocenters. The predicted octanol–water partition coefficient (Wildman–Crippen LogP) is 2.16. The van der Waals surface area contributed by atoms with E-state index in [1.165, 1.54) is 16.9 Å². The molecular weight excluding hydrogens is 284 g/mol. The summed E-state index contributed by atoms with van der Waals surface area (Å²) in [5.41, 5.74) is 2.35. The van der Waals surface area contributed by atoms with E-state index in [0.717, 1.165) is 16.9 Å². The fourth-order valence-corrected chi connectivity index (χ4v) is 2.97. The molecule has 0 bridgehead atoms. The summed E-state index contributed by atoms with van der Waals surface area (Å²) in [5.74, 6) is 5.65. The van der Waals surface area contributed by atoms with Gasteiger partial charge in [0.2, 0.25) is 5.91 Å². The zero-order chi connectivity index (χ0) is 14.7. The highest BCUT2D eigenvalue weighted by molar-refractivity contribution is 7.16. The Kier molecular flexibility index (Phi) is 4.00. The molecule has 3 rings (SSSR count). The van der Waals surface area contributed by atoms with Crippen LogP contribution >= 0.6 is 11.3 Å². The number of carbonyl (C=O) groups is 1. The highest BCUT2D eigenvalue weighted by atomic mass is 32.1. The van der Waals surface area contributed by atoms with E-state index in [1.54, 1.807) is 6.20 Å². The summed E-state index contributed by atoms with van der Waals surface area (Å²) in [6.45, 7) is 0.0521. The Morgan fingerprint density at radius 3 is 3.14 bits per heavy atom. The number of nitrogens with zero attached hydrogens (tertiary/aromatic N) is 1. The maximum Gasteiger partial charge on any atom is 0.234 e. The molecule has 0 fully saturated rings. The van der Waals surface area contributed by atoms with Gasteiger partial charge in [0.1, 0.15) is 0 Å². The molecule has 1 amide bonds. The van der Waals surface area contributed by atoms with E-state index >= 15 is 0 Å². The molecule has 5 heteroatoms. The molecule has 1 aromatic heterocycles. The first-order valence-corrected chi connectivity index (χ1v) is 7.54. The Hall–Kier alpha value is -2.16. The van der Waals surface area contributed by atoms with Crippen molar-refractivity contribution in [2.75, 3.05) is 11.9 Å². The van der Waals surface area contributed by atoms with Gasteiger partial charge in [0.25, 0.3) is 0 Å². The van der Waals surface area contributed by atoms with Crippen molar-refractivity contribution in [3.05, 3.63) is 46.5 Å². The van der Waals surface area contributed by atoms with E-state index in [2.05, 4.69) is 28.2 Å². The van der Waals surface area contributed by atoms with E-state index in [1.807, 2.05) is 18.2 Å². The number of thiazole rings is 1. The lowest BCUT2D eigenvalue weighted by molar-refractivity contribution is -0.118. The van der Waals surface area contributed by atoms with E-state index < -0.39 is 0 Å². The van der Waals surface area contributed by atoms with Gasteiger partial charge in [-0.15, -0.1) is 0 Å². The predicted molar refractivity (Wildman–Crippen MR) is 82.2 cm³/mol. The number of hydrogen-bond donors (Lipinski definition) is 2. The summed E-state index contributed by atoms with van der Waals surface area (Å²) in [7, 11) is 0. The third kappa shape index (κ3) is 2.97. The van der Waals surface area contributed by atoms with Gasteiger partial charge < -0.3 is 10.4 Å². The van der Waals surface area contributed by atoms with Crippen LogP contribution in [0.2, 0.25) is 0 Å². The smallest absolute Gasteiger partial charge is 0.234 e. The topological polar surface area (TPSA) is 62.2 Å². The summed E-state index contributed by atoms with van der Waals surface area (Å²) >= 11 is 1.35. The molecule has 1 aromatic carbocycles. The van der Waals surface area contributed by atoms with Gasteiger partial charge in [0, 0.05) is 6.42 Å². The molecule has 1 aliphatic rings. The largest absolute Gasteiger partial charge is 0.395 e. The van der Waals surface area contributed by atoms with E-state index in [-0.39, 0.29) is 18.4 Å². The van der Waals surface area contributed by atoms with Crippen LogP contribution in [-0.4, -0.2) is 22.6 Å². The Balaban J connectivity index is 1.63. The number of aliphatic hydroxyl groups excluding tert-OH is 1. The Labute approximate surface area is 126 Å². The minimum absolute atomic E-state index is 0.0158. The van der Waals surface area contributed by atoms with E-state index in [9.17, 15) is 4.79 Å². The zero-order valence-corrected chi connectivity index (χ0v) is 12.1. The summed E-state index contributed by atoms with van der Waals surface area (Å²) in [4.78, 5) is 17.2. The van der Waals surface area contributed by atoms with Gasteiger partial charge in [-0.25, -0.2) is 4.98 Å². The lowest BCUT2D eigenvalue weighted by Gasteiger charge is -2.28. The minimum Gasteiger partial charge on any atom is -0.395 e. The number of aliphatic hydroxyl groups is 1. The average molecular weight is 298 g/mol. The molecule has 0 saturated carbocycles. The van der Waals surface area contributed by atoms with Gasteiger partial charge >= 0.3 is 0 Å². The molecule has 21 heavy (non-hydrogen) atoms. The molecular formula is C16H14N2O2S. The molecule has 106 valence electrons. The lowest BCUT2D eigenvalue weighted by atomic mass is 9.77. The van der Waals surface area contributed by atoms with Crippen molar-refractivity contribution in [1.82, 2.24) is 4.98 Å². The summed E-state index contributed by atoms with van der Waals surface area (Å²) in [6, 6.07) is 8.00. The van der Waals surface area contributed by atoms with Gasteiger partial charge in [-0.05, 0) is 17.5 Å². The summed E-state index contributed by atoms with van der Waals surface area (Å²) in [6.07, 6.45) is 2.87. The third-order valence-electron chi connectivity index (χ3n) is 3.36. The first-order valence-electron chi connectivity index (χ1n) is 6.72. The Morgan fingerprint density at radius 2 is 2.33 bits per heavy atom. The van der Waals surface area contributed by atoms with Crippen LogP contribution in [0.5, 0.6) is 0 Å². The van der Waals surface area contributed by atoms with Crippen LogP contribution in [0.15, 0.2) is 30.5 Å². The third-order valence-corrected chi connectivity index (χ3v) is 4.18. The van der Waals surface area contributed by atoms with Gasteiger partial charge in [0.05, 0.1) is 23.6 Å². The lowest BCUT2D eigenvalue weighted by Crippen LogP contribution is -2.30. The molecule has 0 aliphatic heterocycles. The van der Waals surface area contributed by atoms with Gasteiger partial charge in [-0.2, -0.15) is 0 Å². The number of carbonyl (C=O) groups excluding carboxylic acids is 1. The fourth-order valence-electron chi connectivity index (χ4n) is 2.28. The van der Waals surface area contributed by atoms with Crippen LogP contribution in [0.25, 0.3) is 0 Å². The zero-order valence-electron chi connectivity index (χ0n) is 11.3. The second kappa shape index (κ2) is 6.08. The molecule has 0 radical (unpaired) electrons. The van der Waals surface area contributed by atoms with Gasteiger partial charge in [-0.1, -0.05) is 47.4 Å². The number of rotatable bonds is 3. The van der Waals surface area contributed by atoms with Crippen LogP contribution < -0.4 is 5.32 Å². The van der Waals surface area contributed by atoms with Crippen molar-refractivity contribution in [2.45, 2.75) is 18.8 Å². The van der Waals surface area contributed by atoms with E-state index in [4.69, 9.17) is 5.11 Å². The Morgan fingerprint density at radius 1 is 1.48 bits per heavy atom. The average Bonchev–Trinajstić information content (AvgIpc) is 2.88. The van der Waals surface area contributed by atoms with Crippen LogP contribution in [-0.2, 0) is 11.2 Å². The van der Waals surface area contributed by atoms with Crippen molar-refractivity contribution in [3.63, 3.8) is 0 Å². The number of nitrogens with one attached hydrogen (secondary N) is 1. The molecule has 1 aliphatic carbocycles. The SMILES string of the molecule is O=C(Nc1ncc(C#CCCO)s1)C1Cc2ccccc21. The van der Waals surface area contributed by atoms with Gasteiger partial charge in [0.15, 0.2) is 5.13 Å². The number of anilines is 1. The first-order chi connectivity index (χ1) is 10.3. The quantitative estimate of drug-likeness (QED) is 0.854. The Bertz CT molecular complexity index is 727. The van der Waals surface area contributed by atoms with Gasteiger partial charge in [-0.3, -0.25) is 4.79 Å². The molecule has 2 aromatic rings. The van der Waals surface area contributed by atoms with E-state index in [0.29, 0.717) is 11.6 Å². The van der Waals surface area contributed by atoms with Crippen molar-refractivity contribution in [1.29, 1.82) is 0 Å². The van der Waals surface area contributed by atoms with Crippen molar-refractivity contribution < 1.29 is 9.90 Å². The van der Waals surface area contributed by atoms with Crippen LogP contribution in [0, 0.1) is 11.8 Å². The summed E-state index contributed by atoms with van der Waals surface area (Å²) < 4.78 is 0. The van der Waals surface area contributed by atoms with Crippen molar-refractivity contribution >= 4 is 22.4 Å². The number of hydrogen-bond acceptors (Lipinski definition) is 4. The normalized spacial score (nSPS) is 15.4. The standard InChI is InChI=1S/C16H14N2O2S/c19-8-4-3-6-12-10-17-16(21-12)18-15(20)14-9-11-5-1-2-7-13(11)14/h1-2,5,7,10,14,19H,4,8-9H2,(H,17,18,20). The van der Waals surface area contributed by atoms with Crippen LogP contribution in [0.3, 0.4) is 0 Å². The van der Waals surface area contributed by atoms with Crippen molar-refractivity contribution in [3.8, 4) is 11.8 Å². The highest BCUT2D eigenvalue weighted by Crippen LogP contribution is 2.35. The van der Waals surface area contributed by atoms with Crippen LogP contribution in [0.1, 0.15) is 28.3 Å². The number of aromatic nitrogens is 1.